The minimum Gasteiger partial charge on any atom is -0.504 e. The summed E-state index contributed by atoms with van der Waals surface area (Å²) >= 11 is 0. The number of aromatic hydroxyl groups is 2. The van der Waals surface area contributed by atoms with Crippen LogP contribution >= 0.6 is 0 Å². The molecular formula is C21H37NO4. The van der Waals surface area contributed by atoms with Gasteiger partial charge in [-0.3, -0.25) is 4.79 Å². The van der Waals surface area contributed by atoms with Gasteiger partial charge in [0.2, 0.25) is 0 Å². The molecule has 1 saturated heterocycles. The number of phenolic OH excluding ortho intramolecular Hbond substituents is 2. The van der Waals surface area contributed by atoms with Crippen LogP contribution in [0.1, 0.15) is 58.1 Å². The number of phenols is 2. The molecule has 1 aromatic rings. The summed E-state index contributed by atoms with van der Waals surface area (Å²) in [4.78, 5) is 14.4. The molecule has 150 valence electrons. The molecule has 1 heterocycles. The molecule has 2 aliphatic rings. The largest absolute Gasteiger partial charge is 0.504 e. The first kappa shape index (κ1) is 24.4. The van der Waals surface area contributed by atoms with E-state index in [-0.39, 0.29) is 30.1 Å². The van der Waals surface area contributed by atoms with Crippen molar-refractivity contribution in [2.75, 3.05) is 27.2 Å². The maximum Gasteiger partial charge on any atom is 0.161 e. The van der Waals surface area contributed by atoms with Gasteiger partial charge in [-0.05, 0) is 50.9 Å². The highest BCUT2D eigenvalue weighted by atomic mass is 16.3. The number of ketones is 1. The van der Waals surface area contributed by atoms with Crippen LogP contribution in [-0.4, -0.2) is 53.2 Å². The van der Waals surface area contributed by atoms with Gasteiger partial charge >= 0.3 is 0 Å². The van der Waals surface area contributed by atoms with Gasteiger partial charge in [-0.15, -0.1) is 0 Å². The second-order valence-corrected chi connectivity index (χ2v) is 6.74. The van der Waals surface area contributed by atoms with E-state index in [2.05, 4.69) is 11.9 Å². The minimum atomic E-state index is -0.311. The number of piperidine rings is 1. The van der Waals surface area contributed by atoms with Gasteiger partial charge in [-0.1, -0.05) is 27.3 Å². The molecule has 5 heteroatoms. The quantitative estimate of drug-likeness (QED) is 0.661. The number of Topliss-reactive ketones (excluding diaryl/α,β-unsaturated/α-hetero) is 1. The van der Waals surface area contributed by atoms with Crippen molar-refractivity contribution in [1.82, 2.24) is 4.90 Å². The smallest absolute Gasteiger partial charge is 0.161 e. The maximum absolute atomic E-state index is 12.1. The number of likely N-dealkylation sites (tertiary alicyclic amines) is 1. The lowest BCUT2D eigenvalue weighted by Gasteiger charge is -2.50. The molecule has 3 rings (SSSR count). The molecule has 26 heavy (non-hydrogen) atoms. The van der Waals surface area contributed by atoms with Crippen LogP contribution in [0.4, 0.5) is 0 Å². The van der Waals surface area contributed by atoms with E-state index in [1.54, 1.807) is 0 Å². The fourth-order valence-electron chi connectivity index (χ4n) is 4.34. The number of rotatable bonds is 1. The lowest BCUT2D eigenvalue weighted by Crippen LogP contribution is -2.52. The summed E-state index contributed by atoms with van der Waals surface area (Å²) in [7, 11) is 3.11. The Kier molecular flexibility index (Phi) is 9.89. The van der Waals surface area contributed by atoms with Gasteiger partial charge in [-0.25, -0.2) is 0 Å². The summed E-state index contributed by atoms with van der Waals surface area (Å²) in [5, 5.41) is 27.4. The van der Waals surface area contributed by atoms with Gasteiger partial charge in [0.15, 0.2) is 11.5 Å². The number of fused-ring (bicyclic) bond motifs is 1. The van der Waals surface area contributed by atoms with Crippen molar-refractivity contribution >= 4 is 5.78 Å². The average Bonchev–Trinajstić information content (AvgIpc) is 2.62. The van der Waals surface area contributed by atoms with Crippen molar-refractivity contribution in [2.45, 2.75) is 59.3 Å². The van der Waals surface area contributed by atoms with Crippen LogP contribution < -0.4 is 0 Å². The van der Waals surface area contributed by atoms with E-state index >= 15 is 0 Å². The number of aliphatic hydroxyl groups is 1. The summed E-state index contributed by atoms with van der Waals surface area (Å²) in [6.07, 6.45) is 2.86. The molecule has 2 fully saturated rings. The predicted molar refractivity (Wildman–Crippen MR) is 107 cm³/mol. The molecule has 0 radical (unpaired) electrons. The highest BCUT2D eigenvalue weighted by Crippen LogP contribution is 2.52. The second kappa shape index (κ2) is 10.5. The topological polar surface area (TPSA) is 81.0 Å². The SMILES string of the molecule is C.CC.CO.Cc1ccc(O)c(O)c1C12CCN(C)CC1CCC(=O)C2. The zero-order chi connectivity index (χ0) is 19.2. The first-order valence-electron chi connectivity index (χ1n) is 9.11. The number of carbonyl (C=O) groups is 1. The van der Waals surface area contributed by atoms with Crippen LogP contribution in [0.15, 0.2) is 12.1 Å². The van der Waals surface area contributed by atoms with Crippen molar-refractivity contribution in [3.63, 3.8) is 0 Å². The van der Waals surface area contributed by atoms with Crippen LogP contribution in [0.3, 0.4) is 0 Å². The fourth-order valence-corrected chi connectivity index (χ4v) is 4.34. The molecule has 2 unspecified atom stereocenters. The Balaban J connectivity index is 0.00000117. The summed E-state index contributed by atoms with van der Waals surface area (Å²) in [6, 6.07) is 3.37. The molecule has 0 aromatic heterocycles. The Morgan fingerprint density at radius 3 is 2.42 bits per heavy atom. The Bertz CT molecular complexity index is 588. The van der Waals surface area contributed by atoms with Crippen LogP contribution in [0.2, 0.25) is 0 Å². The lowest BCUT2D eigenvalue weighted by atomic mass is 9.58. The molecule has 0 amide bonds. The van der Waals surface area contributed by atoms with E-state index in [1.165, 1.54) is 6.07 Å². The van der Waals surface area contributed by atoms with Crippen molar-refractivity contribution in [1.29, 1.82) is 0 Å². The number of hydrogen-bond acceptors (Lipinski definition) is 5. The summed E-state index contributed by atoms with van der Waals surface area (Å²) in [5.74, 6) is 0.526. The molecule has 3 N–H and O–H groups in total. The molecule has 0 bridgehead atoms. The van der Waals surface area contributed by atoms with E-state index in [1.807, 2.05) is 26.8 Å². The van der Waals surface area contributed by atoms with Crippen molar-refractivity contribution in [3.05, 3.63) is 23.3 Å². The van der Waals surface area contributed by atoms with Crippen LogP contribution in [0.5, 0.6) is 11.5 Å². The summed E-state index contributed by atoms with van der Waals surface area (Å²) in [6.45, 7) is 7.82. The molecule has 0 spiro atoms. The zero-order valence-electron chi connectivity index (χ0n) is 16.2. The van der Waals surface area contributed by atoms with Gasteiger partial charge in [0.05, 0.1) is 0 Å². The summed E-state index contributed by atoms with van der Waals surface area (Å²) < 4.78 is 0. The van der Waals surface area contributed by atoms with Crippen LogP contribution in [0, 0.1) is 12.8 Å². The fraction of sp³-hybridized carbons (Fsp3) is 0.667. The van der Waals surface area contributed by atoms with E-state index in [0.29, 0.717) is 18.8 Å². The molecule has 1 aliphatic carbocycles. The van der Waals surface area contributed by atoms with Gasteiger partial charge in [0.25, 0.3) is 0 Å². The van der Waals surface area contributed by atoms with E-state index in [0.717, 1.165) is 44.2 Å². The third-order valence-electron chi connectivity index (χ3n) is 5.40. The number of benzene rings is 1. The average molecular weight is 368 g/mol. The predicted octanol–water partition coefficient (Wildman–Crippen LogP) is 3.62. The third kappa shape index (κ3) is 4.57. The maximum atomic E-state index is 12.1. The Labute approximate surface area is 158 Å². The highest BCUT2D eigenvalue weighted by molar-refractivity contribution is 5.81. The molecule has 1 saturated carbocycles. The Hall–Kier alpha value is -1.59. The number of nitrogens with zero attached hydrogens (tertiary/aromatic N) is 1. The van der Waals surface area contributed by atoms with E-state index in [9.17, 15) is 15.0 Å². The highest BCUT2D eigenvalue weighted by Gasteiger charge is 2.49. The standard InChI is InChI=1S/C17H23NO3.C2H6.CH4O.CH4/c1-11-3-6-14(20)16(21)15(11)17-7-8-18(2)10-12(17)4-5-13(19)9-17;2*1-2;/h3,6,12,20-21H,4-5,7-10H2,1-2H3;1-2H3;2H,1H3;1H4. The van der Waals surface area contributed by atoms with E-state index in [4.69, 9.17) is 5.11 Å². The molecule has 1 aliphatic heterocycles. The second-order valence-electron chi connectivity index (χ2n) is 6.74. The van der Waals surface area contributed by atoms with Gasteiger partial charge in [0, 0.05) is 37.5 Å². The van der Waals surface area contributed by atoms with Crippen molar-refractivity contribution in [2.24, 2.45) is 5.92 Å². The molecule has 2 atom stereocenters. The molecule has 1 aromatic carbocycles. The van der Waals surface area contributed by atoms with Gasteiger partial charge < -0.3 is 20.2 Å². The van der Waals surface area contributed by atoms with Crippen LogP contribution in [0.25, 0.3) is 0 Å². The Morgan fingerprint density at radius 2 is 1.81 bits per heavy atom. The number of carbonyl (C=O) groups excluding carboxylic acids is 1. The van der Waals surface area contributed by atoms with Gasteiger partial charge in [0.1, 0.15) is 5.78 Å². The third-order valence-corrected chi connectivity index (χ3v) is 5.40. The van der Waals surface area contributed by atoms with Gasteiger partial charge in [-0.2, -0.15) is 0 Å². The minimum absolute atomic E-state index is 0. The monoisotopic (exact) mass is 367 g/mol. The first-order valence-corrected chi connectivity index (χ1v) is 9.11. The Morgan fingerprint density at radius 1 is 1.19 bits per heavy atom. The summed E-state index contributed by atoms with van der Waals surface area (Å²) in [5.41, 5.74) is 1.46. The van der Waals surface area contributed by atoms with Crippen LogP contribution in [-0.2, 0) is 10.2 Å². The van der Waals surface area contributed by atoms with E-state index < -0.39 is 0 Å². The van der Waals surface area contributed by atoms with Crippen molar-refractivity contribution in [3.8, 4) is 11.5 Å². The lowest BCUT2D eigenvalue weighted by molar-refractivity contribution is -0.125. The number of aryl methyl sites for hydroxylation is 1. The number of hydrogen-bond donors (Lipinski definition) is 3. The number of aliphatic hydroxyl groups excluding tert-OH is 1. The molecular weight excluding hydrogens is 330 g/mol. The normalized spacial score (nSPS) is 24.8. The van der Waals surface area contributed by atoms with Crippen molar-refractivity contribution < 1.29 is 20.1 Å². The zero-order valence-corrected chi connectivity index (χ0v) is 16.2. The molecule has 5 nitrogen and oxygen atoms in total. The first-order chi connectivity index (χ1) is 11.9.